The summed E-state index contributed by atoms with van der Waals surface area (Å²) in [6.45, 7) is 8.59. The number of morpholine rings is 1. The molecule has 3 nitrogen and oxygen atoms in total. The minimum absolute atomic E-state index is 0.148. The minimum atomic E-state index is 0.148. The molecule has 0 bridgehead atoms. The fraction of sp³-hybridized carbons (Fsp3) is 0.529. The Morgan fingerprint density at radius 3 is 3.05 bits per heavy atom. The van der Waals surface area contributed by atoms with Crippen molar-refractivity contribution in [3.8, 4) is 17.6 Å². The van der Waals surface area contributed by atoms with Gasteiger partial charge >= 0.3 is 0 Å². The van der Waals surface area contributed by atoms with Gasteiger partial charge in [0.2, 0.25) is 0 Å². The van der Waals surface area contributed by atoms with E-state index in [1.54, 1.807) is 0 Å². The molecular formula is C17H22ClNO2. The lowest BCUT2D eigenvalue weighted by Gasteiger charge is -2.31. The van der Waals surface area contributed by atoms with E-state index in [4.69, 9.17) is 21.1 Å². The van der Waals surface area contributed by atoms with Crippen molar-refractivity contribution in [1.82, 2.24) is 4.90 Å². The Morgan fingerprint density at radius 1 is 1.48 bits per heavy atom. The standard InChI is InChI=1S/C17H22ClNO2/c1-3-19-9-10-20-17(12-19)13-21-16-7-6-15(5-4-8-18)14(2)11-16/h6-7,11,17H,3,8-10,12-13H2,1-2H3. The van der Waals surface area contributed by atoms with Crippen molar-refractivity contribution in [2.75, 3.05) is 38.7 Å². The van der Waals surface area contributed by atoms with Crippen LogP contribution in [0.1, 0.15) is 18.1 Å². The summed E-state index contributed by atoms with van der Waals surface area (Å²) in [5.41, 5.74) is 2.10. The third-order valence-electron chi connectivity index (χ3n) is 3.59. The number of benzene rings is 1. The second-order valence-corrected chi connectivity index (χ2v) is 5.38. The van der Waals surface area contributed by atoms with Crippen LogP contribution < -0.4 is 4.74 Å². The Balaban J connectivity index is 1.90. The van der Waals surface area contributed by atoms with Crippen LogP contribution in [0.4, 0.5) is 0 Å². The summed E-state index contributed by atoms with van der Waals surface area (Å²) < 4.78 is 11.6. The monoisotopic (exact) mass is 307 g/mol. The zero-order valence-electron chi connectivity index (χ0n) is 12.7. The highest BCUT2D eigenvalue weighted by Crippen LogP contribution is 2.17. The lowest BCUT2D eigenvalue weighted by atomic mass is 10.1. The van der Waals surface area contributed by atoms with Crippen LogP contribution in [0.5, 0.6) is 5.75 Å². The molecule has 1 unspecified atom stereocenters. The first-order chi connectivity index (χ1) is 10.2. The largest absolute Gasteiger partial charge is 0.491 e. The van der Waals surface area contributed by atoms with Gasteiger partial charge in [-0.1, -0.05) is 18.8 Å². The first-order valence-corrected chi connectivity index (χ1v) is 7.88. The zero-order valence-corrected chi connectivity index (χ0v) is 13.4. The number of hydrogen-bond donors (Lipinski definition) is 0. The predicted octanol–water partition coefficient (Wildman–Crippen LogP) is 2.68. The van der Waals surface area contributed by atoms with Crippen molar-refractivity contribution in [1.29, 1.82) is 0 Å². The molecule has 0 aromatic heterocycles. The molecule has 1 fully saturated rings. The first kappa shape index (κ1) is 16.2. The predicted molar refractivity (Wildman–Crippen MR) is 86.1 cm³/mol. The van der Waals surface area contributed by atoms with Crippen molar-refractivity contribution in [3.63, 3.8) is 0 Å². The number of likely N-dealkylation sites (N-methyl/N-ethyl adjacent to an activating group) is 1. The summed E-state index contributed by atoms with van der Waals surface area (Å²) >= 11 is 5.58. The molecule has 4 heteroatoms. The first-order valence-electron chi connectivity index (χ1n) is 7.35. The smallest absolute Gasteiger partial charge is 0.119 e. The van der Waals surface area contributed by atoms with Gasteiger partial charge in [0.15, 0.2) is 0 Å². The maximum absolute atomic E-state index is 5.85. The summed E-state index contributed by atoms with van der Waals surface area (Å²) in [4.78, 5) is 2.38. The molecule has 0 radical (unpaired) electrons. The highest BCUT2D eigenvalue weighted by atomic mass is 35.5. The van der Waals surface area contributed by atoms with Crippen LogP contribution in [0.3, 0.4) is 0 Å². The second kappa shape index (κ2) is 8.29. The fourth-order valence-electron chi connectivity index (χ4n) is 2.35. The molecule has 114 valence electrons. The Bertz CT molecular complexity index is 521. The maximum atomic E-state index is 5.85. The molecule has 1 aromatic rings. The highest BCUT2D eigenvalue weighted by Gasteiger charge is 2.19. The van der Waals surface area contributed by atoms with E-state index < -0.39 is 0 Å². The molecule has 1 atom stereocenters. The molecule has 0 spiro atoms. The van der Waals surface area contributed by atoms with Gasteiger partial charge in [-0.15, -0.1) is 11.6 Å². The maximum Gasteiger partial charge on any atom is 0.119 e. The van der Waals surface area contributed by atoms with Gasteiger partial charge in [-0.3, -0.25) is 4.90 Å². The van der Waals surface area contributed by atoms with Crippen molar-refractivity contribution in [2.24, 2.45) is 0 Å². The third kappa shape index (κ3) is 4.93. The Kier molecular flexibility index (Phi) is 6.38. The van der Waals surface area contributed by atoms with Crippen molar-refractivity contribution in [2.45, 2.75) is 20.0 Å². The van der Waals surface area contributed by atoms with Gasteiger partial charge in [0.25, 0.3) is 0 Å². The molecule has 1 saturated heterocycles. The lowest BCUT2D eigenvalue weighted by Crippen LogP contribution is -2.44. The molecule has 21 heavy (non-hydrogen) atoms. The highest BCUT2D eigenvalue weighted by molar-refractivity contribution is 6.19. The van der Waals surface area contributed by atoms with Gasteiger partial charge in [0.1, 0.15) is 18.5 Å². The number of alkyl halides is 1. The van der Waals surface area contributed by atoms with Crippen LogP contribution in [-0.4, -0.2) is 49.7 Å². The van der Waals surface area contributed by atoms with Gasteiger partial charge in [0, 0.05) is 18.7 Å². The summed E-state index contributed by atoms with van der Waals surface area (Å²) in [6, 6.07) is 5.94. The summed E-state index contributed by atoms with van der Waals surface area (Å²) in [7, 11) is 0. The van der Waals surface area contributed by atoms with E-state index >= 15 is 0 Å². The summed E-state index contributed by atoms with van der Waals surface area (Å²) in [6.07, 6.45) is 0.148. The average molecular weight is 308 g/mol. The summed E-state index contributed by atoms with van der Waals surface area (Å²) in [5.74, 6) is 7.12. The normalized spacial score (nSPS) is 18.9. The molecule has 1 aliphatic rings. The number of halogens is 1. The van der Waals surface area contributed by atoms with Crippen LogP contribution in [0.15, 0.2) is 18.2 Å². The van der Waals surface area contributed by atoms with E-state index in [0.717, 1.165) is 43.1 Å². The molecule has 2 rings (SSSR count). The van der Waals surface area contributed by atoms with Crippen molar-refractivity contribution >= 4 is 11.6 Å². The SMILES string of the molecule is CCN1CCOC(COc2ccc(C#CCCl)c(C)c2)C1. The second-order valence-electron chi connectivity index (χ2n) is 5.11. The summed E-state index contributed by atoms with van der Waals surface area (Å²) in [5, 5.41) is 0. The van der Waals surface area contributed by atoms with E-state index in [9.17, 15) is 0 Å². The number of ether oxygens (including phenoxy) is 2. The van der Waals surface area contributed by atoms with Gasteiger partial charge in [-0.05, 0) is 37.2 Å². The van der Waals surface area contributed by atoms with Gasteiger partial charge in [0.05, 0.1) is 12.5 Å². The van der Waals surface area contributed by atoms with Crippen LogP contribution in [0.2, 0.25) is 0 Å². The van der Waals surface area contributed by atoms with E-state index in [2.05, 4.69) is 23.7 Å². The van der Waals surface area contributed by atoms with Gasteiger partial charge < -0.3 is 9.47 Å². The quantitative estimate of drug-likeness (QED) is 0.630. The number of aryl methyl sites for hydroxylation is 1. The van der Waals surface area contributed by atoms with Crippen molar-refractivity contribution < 1.29 is 9.47 Å². The van der Waals surface area contributed by atoms with Crippen LogP contribution in [0, 0.1) is 18.8 Å². The number of hydrogen-bond acceptors (Lipinski definition) is 3. The van der Waals surface area contributed by atoms with Crippen LogP contribution >= 0.6 is 11.6 Å². The Labute approximate surface area is 132 Å². The molecule has 0 amide bonds. The number of nitrogens with zero attached hydrogens (tertiary/aromatic N) is 1. The van der Waals surface area contributed by atoms with E-state index in [1.165, 1.54) is 0 Å². The van der Waals surface area contributed by atoms with E-state index in [-0.39, 0.29) is 6.10 Å². The fourth-order valence-corrected chi connectivity index (χ4v) is 2.42. The third-order valence-corrected chi connectivity index (χ3v) is 3.73. The molecule has 0 N–H and O–H groups in total. The molecule has 0 saturated carbocycles. The van der Waals surface area contributed by atoms with Crippen molar-refractivity contribution in [3.05, 3.63) is 29.3 Å². The average Bonchev–Trinajstić information content (AvgIpc) is 2.52. The number of rotatable bonds is 4. The lowest BCUT2D eigenvalue weighted by molar-refractivity contribution is -0.0464. The van der Waals surface area contributed by atoms with Gasteiger partial charge in [-0.2, -0.15) is 0 Å². The minimum Gasteiger partial charge on any atom is -0.491 e. The molecule has 1 aliphatic heterocycles. The van der Waals surface area contributed by atoms with Crippen LogP contribution in [-0.2, 0) is 4.74 Å². The zero-order chi connectivity index (χ0) is 15.1. The Hall–Kier alpha value is -1.21. The Morgan fingerprint density at radius 2 is 2.33 bits per heavy atom. The molecule has 1 heterocycles. The van der Waals surface area contributed by atoms with Crippen LogP contribution in [0.25, 0.3) is 0 Å². The molecular weight excluding hydrogens is 286 g/mol. The molecule has 0 aliphatic carbocycles. The van der Waals surface area contributed by atoms with Gasteiger partial charge in [-0.25, -0.2) is 0 Å². The molecule has 1 aromatic carbocycles. The van der Waals surface area contributed by atoms with E-state index in [0.29, 0.717) is 12.5 Å². The topological polar surface area (TPSA) is 21.7 Å². The van der Waals surface area contributed by atoms with E-state index in [1.807, 2.05) is 25.1 Å².